The first kappa shape index (κ1) is 13.6. The predicted molar refractivity (Wildman–Crippen MR) is 82.2 cm³/mol. The number of carbonyl (C=O) groups is 1. The second-order valence-electron chi connectivity index (χ2n) is 4.52. The van der Waals surface area contributed by atoms with Crippen LogP contribution in [-0.4, -0.2) is 22.6 Å². The summed E-state index contributed by atoms with van der Waals surface area (Å²) in [5.74, 6) is 1.55. The van der Waals surface area contributed by atoms with Crippen LogP contribution in [0.4, 0.5) is 0 Å². The fourth-order valence-electron chi connectivity index (χ4n) is 2.05. The third-order valence-electron chi connectivity index (χ3n) is 3.01. The molecule has 0 saturated carbocycles. The Bertz CT molecular complexity index is 647. The van der Waals surface area contributed by atoms with Crippen LogP contribution < -0.4 is 4.74 Å². The Morgan fingerprint density at radius 3 is 3.10 bits per heavy atom. The van der Waals surface area contributed by atoms with Gasteiger partial charge in [-0.3, -0.25) is 9.78 Å². The Morgan fingerprint density at radius 1 is 1.40 bits per heavy atom. The van der Waals surface area contributed by atoms with Crippen LogP contribution in [0.15, 0.2) is 52.1 Å². The van der Waals surface area contributed by atoms with Gasteiger partial charge in [0.15, 0.2) is 11.9 Å². The Labute approximate surface area is 129 Å². The number of ketones is 1. The molecular formula is C15H12BrNO2S. The minimum atomic E-state index is -0.381. The smallest absolute Gasteiger partial charge is 0.178 e. The molecule has 0 spiro atoms. The molecule has 0 radical (unpaired) electrons. The molecule has 1 aliphatic heterocycles. The number of aromatic nitrogens is 1. The number of pyridine rings is 1. The minimum absolute atomic E-state index is 0.0897. The molecule has 0 aliphatic carbocycles. The Morgan fingerprint density at radius 2 is 2.25 bits per heavy atom. The number of para-hydroxylation sites is 1. The largest absolute Gasteiger partial charge is 0.481 e. The van der Waals surface area contributed by atoms with Crippen molar-refractivity contribution in [1.82, 2.24) is 4.98 Å². The number of nitrogens with zero attached hydrogens (tertiary/aromatic N) is 1. The molecular weight excluding hydrogens is 338 g/mol. The van der Waals surface area contributed by atoms with Gasteiger partial charge in [0.25, 0.3) is 0 Å². The molecule has 1 aromatic heterocycles. The molecule has 1 aliphatic rings. The van der Waals surface area contributed by atoms with Crippen molar-refractivity contribution in [1.29, 1.82) is 0 Å². The van der Waals surface area contributed by atoms with Crippen molar-refractivity contribution in [2.75, 3.05) is 5.75 Å². The number of thioether (sulfide) groups is 1. The Hall–Kier alpha value is -1.33. The molecule has 102 valence electrons. The fourth-order valence-corrected chi connectivity index (χ4v) is 3.48. The molecule has 3 nitrogen and oxygen atoms in total. The van der Waals surface area contributed by atoms with E-state index in [2.05, 4.69) is 20.9 Å². The summed E-state index contributed by atoms with van der Waals surface area (Å²) in [7, 11) is 0. The highest BCUT2D eigenvalue weighted by Gasteiger charge is 2.26. The summed E-state index contributed by atoms with van der Waals surface area (Å²) in [4.78, 5) is 17.5. The van der Waals surface area contributed by atoms with Crippen molar-refractivity contribution in [2.45, 2.75) is 17.4 Å². The molecule has 1 unspecified atom stereocenters. The molecule has 20 heavy (non-hydrogen) atoms. The van der Waals surface area contributed by atoms with Crippen molar-refractivity contribution in [3.05, 3.63) is 52.8 Å². The monoisotopic (exact) mass is 349 g/mol. The van der Waals surface area contributed by atoms with E-state index in [1.807, 2.05) is 30.3 Å². The molecule has 0 saturated heterocycles. The fraction of sp³-hybridized carbons (Fsp3) is 0.200. The number of Topliss-reactive ketones (excluding diaryl/α,β-unsaturated/α-hetero) is 1. The van der Waals surface area contributed by atoms with Crippen molar-refractivity contribution in [3.63, 3.8) is 0 Å². The quantitative estimate of drug-likeness (QED) is 0.849. The third-order valence-corrected chi connectivity index (χ3v) is 4.56. The van der Waals surface area contributed by atoms with E-state index in [-0.39, 0.29) is 11.9 Å². The molecule has 2 heterocycles. The number of carbonyl (C=O) groups excluding carboxylic acids is 1. The maximum absolute atomic E-state index is 12.3. The molecule has 2 aromatic rings. The van der Waals surface area contributed by atoms with Crippen molar-refractivity contribution < 1.29 is 9.53 Å². The van der Waals surface area contributed by atoms with Crippen LogP contribution in [0.3, 0.4) is 0 Å². The first-order valence-corrected chi connectivity index (χ1v) is 8.01. The zero-order valence-electron chi connectivity index (χ0n) is 10.6. The molecule has 1 aromatic carbocycles. The standard InChI is InChI=1S/C15H12BrNO2S/c16-11-5-10(7-17-8-11)6-12(18)14-9-20-15-4-2-1-3-13(15)19-14/h1-5,7-8,14H,6,9H2. The molecule has 0 N–H and O–H groups in total. The second kappa shape index (κ2) is 5.97. The maximum Gasteiger partial charge on any atom is 0.178 e. The lowest BCUT2D eigenvalue weighted by atomic mass is 10.1. The first-order chi connectivity index (χ1) is 9.72. The Kier molecular flexibility index (Phi) is 4.08. The van der Waals surface area contributed by atoms with Crippen LogP contribution in [0, 0.1) is 0 Å². The average molecular weight is 350 g/mol. The van der Waals surface area contributed by atoms with Crippen LogP contribution in [-0.2, 0) is 11.2 Å². The van der Waals surface area contributed by atoms with E-state index in [0.717, 1.165) is 20.7 Å². The normalized spacial score (nSPS) is 17.1. The predicted octanol–water partition coefficient (Wildman–Crippen LogP) is 3.51. The lowest BCUT2D eigenvalue weighted by Gasteiger charge is -2.24. The molecule has 0 fully saturated rings. The summed E-state index contributed by atoms with van der Waals surface area (Å²) >= 11 is 5.03. The van der Waals surface area contributed by atoms with Gasteiger partial charge in [0.05, 0.1) is 0 Å². The van der Waals surface area contributed by atoms with Crippen LogP contribution in [0.25, 0.3) is 0 Å². The average Bonchev–Trinajstić information content (AvgIpc) is 2.47. The lowest BCUT2D eigenvalue weighted by molar-refractivity contribution is -0.124. The highest BCUT2D eigenvalue weighted by Crippen LogP contribution is 2.35. The summed E-state index contributed by atoms with van der Waals surface area (Å²) in [6, 6.07) is 9.73. The van der Waals surface area contributed by atoms with Crippen LogP contribution in [0.1, 0.15) is 5.56 Å². The first-order valence-electron chi connectivity index (χ1n) is 6.23. The van der Waals surface area contributed by atoms with Gasteiger partial charge < -0.3 is 4.74 Å². The third kappa shape index (κ3) is 3.04. The van der Waals surface area contributed by atoms with Crippen molar-refractivity contribution in [2.24, 2.45) is 0 Å². The van der Waals surface area contributed by atoms with Crippen LogP contribution >= 0.6 is 27.7 Å². The number of benzene rings is 1. The highest BCUT2D eigenvalue weighted by molar-refractivity contribution is 9.10. The van der Waals surface area contributed by atoms with Gasteiger partial charge in [-0.1, -0.05) is 12.1 Å². The summed E-state index contributed by atoms with van der Waals surface area (Å²) < 4.78 is 6.68. The number of hydrogen-bond donors (Lipinski definition) is 0. The zero-order chi connectivity index (χ0) is 13.9. The number of ether oxygens (including phenoxy) is 1. The molecule has 5 heteroatoms. The van der Waals surface area contributed by atoms with E-state index in [1.54, 1.807) is 24.2 Å². The van der Waals surface area contributed by atoms with Crippen LogP contribution in [0.5, 0.6) is 5.75 Å². The number of rotatable bonds is 3. The van der Waals surface area contributed by atoms with Gasteiger partial charge in [-0.25, -0.2) is 0 Å². The molecule has 0 bridgehead atoms. The van der Waals surface area contributed by atoms with Crippen LogP contribution in [0.2, 0.25) is 0 Å². The Balaban J connectivity index is 1.70. The van der Waals surface area contributed by atoms with Crippen molar-refractivity contribution >= 4 is 33.5 Å². The summed E-state index contributed by atoms with van der Waals surface area (Å²) in [6.07, 6.45) is 3.39. The van der Waals surface area contributed by atoms with Gasteiger partial charge >= 0.3 is 0 Å². The molecule has 3 rings (SSSR count). The van der Waals surface area contributed by atoms with Gasteiger partial charge in [-0.2, -0.15) is 0 Å². The van der Waals surface area contributed by atoms with E-state index < -0.39 is 0 Å². The van der Waals surface area contributed by atoms with E-state index in [9.17, 15) is 4.79 Å². The van der Waals surface area contributed by atoms with Crippen molar-refractivity contribution in [3.8, 4) is 5.75 Å². The zero-order valence-corrected chi connectivity index (χ0v) is 13.0. The SMILES string of the molecule is O=C(Cc1cncc(Br)c1)C1CSc2ccccc2O1. The van der Waals surface area contributed by atoms with E-state index in [1.165, 1.54) is 0 Å². The van der Waals surface area contributed by atoms with E-state index in [0.29, 0.717) is 12.2 Å². The maximum atomic E-state index is 12.3. The van der Waals surface area contributed by atoms with E-state index in [4.69, 9.17) is 4.74 Å². The summed E-state index contributed by atoms with van der Waals surface area (Å²) in [5.41, 5.74) is 0.900. The van der Waals surface area contributed by atoms with E-state index >= 15 is 0 Å². The number of hydrogen-bond acceptors (Lipinski definition) is 4. The second-order valence-corrected chi connectivity index (χ2v) is 6.50. The molecule has 1 atom stereocenters. The number of fused-ring (bicyclic) bond motifs is 1. The lowest BCUT2D eigenvalue weighted by Crippen LogP contribution is -2.33. The van der Waals surface area contributed by atoms with Gasteiger partial charge in [0.2, 0.25) is 0 Å². The highest BCUT2D eigenvalue weighted by atomic mass is 79.9. The van der Waals surface area contributed by atoms with Gasteiger partial charge in [0.1, 0.15) is 5.75 Å². The van der Waals surface area contributed by atoms with Gasteiger partial charge in [0, 0.05) is 33.9 Å². The summed E-state index contributed by atoms with van der Waals surface area (Å²) in [5, 5.41) is 0. The number of halogens is 1. The summed E-state index contributed by atoms with van der Waals surface area (Å²) in [6.45, 7) is 0. The minimum Gasteiger partial charge on any atom is -0.481 e. The topological polar surface area (TPSA) is 39.2 Å². The molecule has 0 amide bonds. The van der Waals surface area contributed by atoms with Gasteiger partial charge in [-0.15, -0.1) is 11.8 Å². The van der Waals surface area contributed by atoms with Gasteiger partial charge in [-0.05, 0) is 39.7 Å².